The summed E-state index contributed by atoms with van der Waals surface area (Å²) in [6.45, 7) is 0.853. The summed E-state index contributed by atoms with van der Waals surface area (Å²) >= 11 is 0. The smallest absolute Gasteiger partial charge is 0.140 e. The molecule has 62 valence electrons. The Hall–Kier alpha value is -1.60. The first-order valence-electron chi connectivity index (χ1n) is 3.55. The summed E-state index contributed by atoms with van der Waals surface area (Å²) in [7, 11) is 0. The molecular weight excluding hydrogens is 154 g/mol. The highest BCUT2D eigenvalue weighted by Gasteiger charge is 2.00. The molecule has 1 rings (SSSR count). The average Bonchev–Trinajstić information content (AvgIpc) is 2.15. The van der Waals surface area contributed by atoms with Gasteiger partial charge in [-0.15, -0.1) is 0 Å². The number of nitriles is 1. The van der Waals surface area contributed by atoms with Crippen LogP contribution in [0.3, 0.4) is 0 Å². The van der Waals surface area contributed by atoms with Crippen LogP contribution in [0.2, 0.25) is 0 Å². The molecule has 4 nitrogen and oxygen atoms in total. The lowest BCUT2D eigenvalue weighted by molar-refractivity contribution is 0.327. The molecule has 0 amide bonds. The van der Waals surface area contributed by atoms with Crippen molar-refractivity contribution in [3.8, 4) is 11.8 Å². The summed E-state index contributed by atoms with van der Waals surface area (Å²) in [6.07, 6.45) is 3.04. The van der Waals surface area contributed by atoms with Crippen molar-refractivity contribution >= 4 is 0 Å². The maximum atomic E-state index is 8.62. The van der Waals surface area contributed by atoms with Crippen LogP contribution in [0, 0.1) is 11.3 Å². The molecule has 0 saturated heterocycles. The highest BCUT2D eigenvalue weighted by atomic mass is 16.5. The molecule has 0 aliphatic carbocycles. The number of hydrogen-bond acceptors (Lipinski definition) is 4. The quantitative estimate of drug-likeness (QED) is 0.695. The number of pyridine rings is 1. The fourth-order valence-electron chi connectivity index (χ4n) is 0.760. The van der Waals surface area contributed by atoms with E-state index in [-0.39, 0.29) is 0 Å². The first kappa shape index (κ1) is 8.50. The predicted octanol–water partition coefficient (Wildman–Crippen LogP) is 0.291. The van der Waals surface area contributed by atoms with Gasteiger partial charge in [0.1, 0.15) is 24.0 Å². The van der Waals surface area contributed by atoms with Crippen molar-refractivity contribution < 1.29 is 4.74 Å². The molecule has 1 heterocycles. The third kappa shape index (κ3) is 1.94. The van der Waals surface area contributed by atoms with Crippen LogP contribution >= 0.6 is 0 Å². The topological polar surface area (TPSA) is 71.9 Å². The van der Waals surface area contributed by atoms with Crippen molar-refractivity contribution in [2.24, 2.45) is 5.73 Å². The van der Waals surface area contributed by atoms with Crippen LogP contribution in [0.5, 0.6) is 5.75 Å². The minimum atomic E-state index is 0.415. The maximum absolute atomic E-state index is 8.62. The molecule has 0 aliphatic heterocycles. The third-order valence-corrected chi connectivity index (χ3v) is 1.28. The van der Waals surface area contributed by atoms with Crippen LogP contribution in [0.1, 0.15) is 5.56 Å². The van der Waals surface area contributed by atoms with Gasteiger partial charge in [0.05, 0.1) is 0 Å². The molecule has 0 unspecified atom stereocenters. The van der Waals surface area contributed by atoms with Gasteiger partial charge < -0.3 is 10.5 Å². The van der Waals surface area contributed by atoms with Crippen molar-refractivity contribution in [3.63, 3.8) is 0 Å². The molecule has 0 atom stereocenters. The van der Waals surface area contributed by atoms with Crippen molar-refractivity contribution in [2.75, 3.05) is 13.2 Å². The van der Waals surface area contributed by atoms with Crippen LogP contribution in [-0.2, 0) is 0 Å². The lowest BCUT2D eigenvalue weighted by Crippen LogP contribution is -2.11. The Balaban J connectivity index is 2.77. The van der Waals surface area contributed by atoms with Gasteiger partial charge in [-0.2, -0.15) is 5.26 Å². The number of hydrogen-bond donors (Lipinski definition) is 1. The van der Waals surface area contributed by atoms with E-state index in [1.807, 2.05) is 6.07 Å². The first-order chi connectivity index (χ1) is 5.88. The Kier molecular flexibility index (Phi) is 3.05. The molecule has 0 fully saturated rings. The Morgan fingerprint density at radius 2 is 2.50 bits per heavy atom. The fraction of sp³-hybridized carbons (Fsp3) is 0.250. The van der Waals surface area contributed by atoms with Gasteiger partial charge in [0.25, 0.3) is 0 Å². The largest absolute Gasteiger partial charge is 0.491 e. The van der Waals surface area contributed by atoms with E-state index in [4.69, 9.17) is 15.7 Å². The van der Waals surface area contributed by atoms with Gasteiger partial charge in [0.15, 0.2) is 0 Å². The number of aromatic nitrogens is 1. The van der Waals surface area contributed by atoms with Crippen LogP contribution in [0.4, 0.5) is 0 Å². The van der Waals surface area contributed by atoms with Crippen LogP contribution in [0.25, 0.3) is 0 Å². The number of nitrogens with zero attached hydrogens (tertiary/aromatic N) is 2. The van der Waals surface area contributed by atoms with Gasteiger partial charge in [-0.1, -0.05) is 0 Å². The molecule has 0 bridgehead atoms. The Morgan fingerprint density at radius 3 is 3.17 bits per heavy atom. The van der Waals surface area contributed by atoms with Gasteiger partial charge in [0, 0.05) is 18.9 Å². The minimum absolute atomic E-state index is 0.415. The first-order valence-corrected chi connectivity index (χ1v) is 3.55. The van der Waals surface area contributed by atoms with Crippen molar-refractivity contribution in [1.82, 2.24) is 4.98 Å². The Morgan fingerprint density at radius 1 is 1.67 bits per heavy atom. The minimum Gasteiger partial charge on any atom is -0.491 e. The molecule has 12 heavy (non-hydrogen) atoms. The molecule has 1 aromatic rings. The van der Waals surface area contributed by atoms with Crippen LogP contribution in [-0.4, -0.2) is 18.1 Å². The zero-order valence-electron chi connectivity index (χ0n) is 6.53. The second-order valence-electron chi connectivity index (χ2n) is 2.12. The number of nitrogens with two attached hydrogens (primary N) is 1. The molecule has 0 aromatic carbocycles. The lowest BCUT2D eigenvalue weighted by atomic mass is 10.3. The zero-order chi connectivity index (χ0) is 8.81. The Bertz CT molecular complexity index is 293. The van der Waals surface area contributed by atoms with E-state index in [1.54, 1.807) is 12.3 Å². The average molecular weight is 163 g/mol. The molecule has 1 aromatic heterocycles. The highest BCUT2D eigenvalue weighted by molar-refractivity contribution is 5.39. The second kappa shape index (κ2) is 4.31. The molecule has 4 heteroatoms. The summed E-state index contributed by atoms with van der Waals surface area (Å²) in [4.78, 5) is 3.79. The maximum Gasteiger partial charge on any atom is 0.140 e. The monoisotopic (exact) mass is 163 g/mol. The van der Waals surface area contributed by atoms with E-state index in [1.165, 1.54) is 6.20 Å². The molecule has 0 aliphatic rings. The molecule has 2 N–H and O–H groups in total. The SMILES string of the molecule is N#Cc1cnccc1OCCN. The van der Waals surface area contributed by atoms with Gasteiger partial charge in [-0.05, 0) is 6.07 Å². The second-order valence-corrected chi connectivity index (χ2v) is 2.12. The summed E-state index contributed by atoms with van der Waals surface area (Å²) in [5, 5.41) is 8.62. The highest BCUT2D eigenvalue weighted by Crippen LogP contribution is 2.14. The van der Waals surface area contributed by atoms with Gasteiger partial charge in [-0.3, -0.25) is 4.98 Å². The molecule has 0 saturated carbocycles. The zero-order valence-corrected chi connectivity index (χ0v) is 6.53. The van der Waals surface area contributed by atoms with E-state index in [0.717, 1.165) is 0 Å². The fourth-order valence-corrected chi connectivity index (χ4v) is 0.760. The van der Waals surface area contributed by atoms with E-state index in [9.17, 15) is 0 Å². The van der Waals surface area contributed by atoms with Crippen LogP contribution < -0.4 is 10.5 Å². The lowest BCUT2D eigenvalue weighted by Gasteiger charge is -2.04. The summed E-state index contributed by atoms with van der Waals surface area (Å²) in [6, 6.07) is 3.62. The number of rotatable bonds is 3. The number of ether oxygens (including phenoxy) is 1. The van der Waals surface area contributed by atoms with Gasteiger partial charge in [0.2, 0.25) is 0 Å². The summed E-state index contributed by atoms with van der Waals surface area (Å²) < 4.78 is 5.19. The normalized spacial score (nSPS) is 9.00. The van der Waals surface area contributed by atoms with E-state index in [0.29, 0.717) is 24.5 Å². The molecular formula is C8H9N3O. The van der Waals surface area contributed by atoms with E-state index < -0.39 is 0 Å². The van der Waals surface area contributed by atoms with Crippen LogP contribution in [0.15, 0.2) is 18.5 Å². The molecule has 0 radical (unpaired) electrons. The van der Waals surface area contributed by atoms with Gasteiger partial charge in [-0.25, -0.2) is 0 Å². The van der Waals surface area contributed by atoms with Crippen molar-refractivity contribution in [3.05, 3.63) is 24.0 Å². The molecule has 0 spiro atoms. The third-order valence-electron chi connectivity index (χ3n) is 1.28. The van der Waals surface area contributed by atoms with E-state index >= 15 is 0 Å². The summed E-state index contributed by atoms with van der Waals surface area (Å²) in [5.41, 5.74) is 5.68. The van der Waals surface area contributed by atoms with Crippen molar-refractivity contribution in [1.29, 1.82) is 5.26 Å². The van der Waals surface area contributed by atoms with Gasteiger partial charge >= 0.3 is 0 Å². The Labute approximate surface area is 70.6 Å². The summed E-state index contributed by atoms with van der Waals surface area (Å²) in [5.74, 6) is 0.540. The standard InChI is InChI=1S/C8H9N3O/c9-2-4-12-8-1-3-11-6-7(8)5-10/h1,3,6H,2,4,9H2. The van der Waals surface area contributed by atoms with E-state index in [2.05, 4.69) is 4.98 Å². The predicted molar refractivity (Wildman–Crippen MR) is 43.5 cm³/mol. The van der Waals surface area contributed by atoms with Crippen molar-refractivity contribution in [2.45, 2.75) is 0 Å².